The van der Waals surface area contributed by atoms with Gasteiger partial charge in [-0.15, -0.1) is 0 Å². The van der Waals surface area contributed by atoms with Crippen molar-refractivity contribution < 1.29 is 4.74 Å². The molecule has 5 unspecified atom stereocenters. The number of rotatable bonds is 3. The Bertz CT molecular complexity index is 309. The maximum Gasteiger partial charge on any atom is 0.109 e. The Balaban J connectivity index is 1.77. The van der Waals surface area contributed by atoms with Gasteiger partial charge >= 0.3 is 0 Å². The molecule has 0 aromatic heterocycles. The Morgan fingerprint density at radius 3 is 2.88 bits per heavy atom. The monoisotopic (exact) mass is 220 g/mol. The van der Waals surface area contributed by atoms with Crippen molar-refractivity contribution in [1.29, 1.82) is 0 Å². The van der Waals surface area contributed by atoms with Gasteiger partial charge in [-0.2, -0.15) is 0 Å². The summed E-state index contributed by atoms with van der Waals surface area (Å²) in [6.07, 6.45) is 8.11. The quantitative estimate of drug-likeness (QED) is 0.649. The Morgan fingerprint density at radius 2 is 2.12 bits per heavy atom. The Kier molecular flexibility index (Phi) is 2.35. The minimum atomic E-state index is 0.128. The molecule has 1 heteroatoms. The third kappa shape index (κ3) is 1.36. The summed E-state index contributed by atoms with van der Waals surface area (Å²) >= 11 is 0. The van der Waals surface area contributed by atoms with Crippen molar-refractivity contribution in [2.24, 2.45) is 23.7 Å². The zero-order valence-electron chi connectivity index (χ0n) is 10.7. The van der Waals surface area contributed by atoms with Gasteiger partial charge in [-0.1, -0.05) is 19.9 Å². The van der Waals surface area contributed by atoms with E-state index in [1.165, 1.54) is 32.1 Å². The van der Waals surface area contributed by atoms with Crippen LogP contribution in [0.4, 0.5) is 0 Å². The molecule has 3 aliphatic rings. The maximum absolute atomic E-state index is 6.20. The molecule has 1 nitrogen and oxygen atoms in total. The third-order valence-electron chi connectivity index (χ3n) is 5.53. The number of allylic oxidation sites excluding steroid dienone is 1. The maximum atomic E-state index is 6.20. The van der Waals surface area contributed by atoms with E-state index in [1.807, 2.05) is 0 Å². The lowest BCUT2D eigenvalue weighted by atomic mass is 9.73. The molecule has 5 atom stereocenters. The molecule has 90 valence electrons. The molecule has 0 radical (unpaired) electrons. The lowest BCUT2D eigenvalue weighted by Gasteiger charge is -2.40. The molecule has 0 saturated heterocycles. The van der Waals surface area contributed by atoms with Crippen molar-refractivity contribution in [2.45, 2.75) is 58.0 Å². The minimum Gasteiger partial charge on any atom is -0.492 e. The molecule has 0 N–H and O–H groups in total. The van der Waals surface area contributed by atoms with E-state index < -0.39 is 0 Å². The first-order valence-electron chi connectivity index (χ1n) is 7.01. The Labute approximate surface area is 99.3 Å². The molecule has 2 bridgehead atoms. The molecule has 0 aromatic carbocycles. The molecule has 0 spiro atoms. The fourth-order valence-corrected chi connectivity index (χ4v) is 4.91. The third-order valence-corrected chi connectivity index (χ3v) is 5.53. The topological polar surface area (TPSA) is 9.23 Å². The fourth-order valence-electron chi connectivity index (χ4n) is 4.91. The summed E-state index contributed by atoms with van der Waals surface area (Å²) in [6.45, 7) is 8.51. The van der Waals surface area contributed by atoms with E-state index in [-0.39, 0.29) is 5.60 Å². The Hall–Kier alpha value is -0.460. The zero-order valence-corrected chi connectivity index (χ0v) is 10.7. The molecule has 3 aliphatic carbocycles. The van der Waals surface area contributed by atoms with Crippen LogP contribution in [-0.2, 0) is 4.74 Å². The summed E-state index contributed by atoms with van der Waals surface area (Å²) in [6, 6.07) is 0. The Morgan fingerprint density at radius 1 is 1.38 bits per heavy atom. The van der Waals surface area contributed by atoms with E-state index in [0.29, 0.717) is 0 Å². The summed E-state index contributed by atoms with van der Waals surface area (Å²) in [5, 5.41) is 0. The predicted molar refractivity (Wildman–Crippen MR) is 66.0 cm³/mol. The summed E-state index contributed by atoms with van der Waals surface area (Å²) in [5.41, 5.74) is 0.128. The van der Waals surface area contributed by atoms with E-state index in [4.69, 9.17) is 4.74 Å². The standard InChI is InChI=1S/C15H24O/c1-4-10(2)16-15(3)9-11-8-14(15)13-7-5-6-12(11)13/h11-14H,2,4-9H2,1,3H3. The number of ether oxygens (including phenoxy) is 1. The van der Waals surface area contributed by atoms with Crippen LogP contribution in [0.25, 0.3) is 0 Å². The zero-order chi connectivity index (χ0) is 11.3. The van der Waals surface area contributed by atoms with Gasteiger partial charge in [0.15, 0.2) is 0 Å². The fraction of sp³-hybridized carbons (Fsp3) is 0.867. The van der Waals surface area contributed by atoms with Crippen molar-refractivity contribution in [2.75, 3.05) is 0 Å². The molecule has 3 saturated carbocycles. The first-order valence-corrected chi connectivity index (χ1v) is 7.01. The second kappa shape index (κ2) is 3.51. The SMILES string of the molecule is C=C(CC)OC1(C)CC2CC1C1CCCC21. The molecule has 16 heavy (non-hydrogen) atoms. The van der Waals surface area contributed by atoms with Gasteiger partial charge in [-0.25, -0.2) is 0 Å². The van der Waals surface area contributed by atoms with Crippen molar-refractivity contribution in [1.82, 2.24) is 0 Å². The molecule has 3 rings (SSSR count). The van der Waals surface area contributed by atoms with E-state index in [2.05, 4.69) is 20.4 Å². The van der Waals surface area contributed by atoms with Crippen LogP contribution in [0.15, 0.2) is 12.3 Å². The van der Waals surface area contributed by atoms with Crippen LogP contribution in [0.3, 0.4) is 0 Å². The van der Waals surface area contributed by atoms with Crippen LogP contribution in [0.5, 0.6) is 0 Å². The first-order chi connectivity index (χ1) is 7.64. The van der Waals surface area contributed by atoms with Crippen molar-refractivity contribution >= 4 is 0 Å². The average molecular weight is 220 g/mol. The van der Waals surface area contributed by atoms with Crippen molar-refractivity contribution in [3.8, 4) is 0 Å². The second-order valence-electron chi connectivity index (χ2n) is 6.37. The van der Waals surface area contributed by atoms with Crippen molar-refractivity contribution in [3.05, 3.63) is 12.3 Å². The smallest absolute Gasteiger partial charge is 0.109 e. The lowest BCUT2D eigenvalue weighted by molar-refractivity contribution is -0.0575. The largest absolute Gasteiger partial charge is 0.492 e. The van der Waals surface area contributed by atoms with Gasteiger partial charge in [0.25, 0.3) is 0 Å². The van der Waals surface area contributed by atoms with Gasteiger partial charge in [-0.05, 0) is 50.4 Å². The van der Waals surface area contributed by atoms with Crippen LogP contribution < -0.4 is 0 Å². The lowest BCUT2D eigenvalue weighted by Crippen LogP contribution is -2.40. The van der Waals surface area contributed by atoms with Crippen molar-refractivity contribution in [3.63, 3.8) is 0 Å². The van der Waals surface area contributed by atoms with Crippen LogP contribution in [0, 0.1) is 23.7 Å². The van der Waals surface area contributed by atoms with E-state index in [0.717, 1.165) is 35.9 Å². The highest BCUT2D eigenvalue weighted by molar-refractivity contribution is 5.10. The summed E-state index contributed by atoms with van der Waals surface area (Å²) in [4.78, 5) is 0. The van der Waals surface area contributed by atoms with E-state index in [1.54, 1.807) is 0 Å². The highest BCUT2D eigenvalue weighted by Crippen LogP contribution is 2.63. The molecular formula is C15H24O. The second-order valence-corrected chi connectivity index (χ2v) is 6.37. The first kappa shape index (κ1) is 10.7. The minimum absolute atomic E-state index is 0.128. The van der Waals surface area contributed by atoms with Crippen LogP contribution >= 0.6 is 0 Å². The number of fused-ring (bicyclic) bond motifs is 5. The average Bonchev–Trinajstić information content (AvgIpc) is 2.86. The van der Waals surface area contributed by atoms with Gasteiger partial charge in [0, 0.05) is 12.3 Å². The molecular weight excluding hydrogens is 196 g/mol. The van der Waals surface area contributed by atoms with Crippen LogP contribution in [0.2, 0.25) is 0 Å². The summed E-state index contributed by atoms with van der Waals surface area (Å²) < 4.78 is 6.20. The highest BCUT2D eigenvalue weighted by atomic mass is 16.5. The summed E-state index contributed by atoms with van der Waals surface area (Å²) in [5.74, 6) is 4.81. The van der Waals surface area contributed by atoms with Gasteiger partial charge in [0.2, 0.25) is 0 Å². The van der Waals surface area contributed by atoms with Gasteiger partial charge in [0.1, 0.15) is 5.60 Å². The number of hydrogen-bond acceptors (Lipinski definition) is 1. The normalized spacial score (nSPS) is 49.4. The van der Waals surface area contributed by atoms with Crippen LogP contribution in [0.1, 0.15) is 52.4 Å². The van der Waals surface area contributed by atoms with E-state index >= 15 is 0 Å². The molecule has 0 amide bonds. The van der Waals surface area contributed by atoms with E-state index in [9.17, 15) is 0 Å². The molecule has 0 aliphatic heterocycles. The molecule has 3 fully saturated rings. The predicted octanol–water partition coefficient (Wildman–Crippen LogP) is 4.14. The number of hydrogen-bond donors (Lipinski definition) is 0. The highest BCUT2D eigenvalue weighted by Gasteiger charge is 2.60. The molecule has 0 aromatic rings. The van der Waals surface area contributed by atoms with Gasteiger partial charge in [-0.3, -0.25) is 0 Å². The molecule has 0 heterocycles. The van der Waals surface area contributed by atoms with Gasteiger partial charge < -0.3 is 4.74 Å². The van der Waals surface area contributed by atoms with Crippen LogP contribution in [-0.4, -0.2) is 5.60 Å². The summed E-state index contributed by atoms with van der Waals surface area (Å²) in [7, 11) is 0. The van der Waals surface area contributed by atoms with Gasteiger partial charge in [0.05, 0.1) is 5.76 Å².